The van der Waals surface area contributed by atoms with E-state index in [4.69, 9.17) is 5.73 Å². The van der Waals surface area contributed by atoms with Crippen molar-refractivity contribution in [2.24, 2.45) is 11.1 Å². The van der Waals surface area contributed by atoms with Crippen LogP contribution in [0.25, 0.3) is 0 Å². The van der Waals surface area contributed by atoms with Crippen LogP contribution >= 0.6 is 0 Å². The zero-order chi connectivity index (χ0) is 17.5. The third-order valence-corrected chi connectivity index (χ3v) is 4.97. The maximum Gasteiger partial charge on any atom is 0.0530 e. The Balaban J connectivity index is 0.00000312. The Morgan fingerprint density at radius 2 is 1.16 bits per heavy atom. The zero-order valence-corrected chi connectivity index (χ0v) is 13.9. The van der Waals surface area contributed by atoms with Gasteiger partial charge in [0.15, 0.2) is 0 Å². The van der Waals surface area contributed by atoms with Gasteiger partial charge in [-0.1, -0.05) is 68.1 Å². The quantitative estimate of drug-likeness (QED) is 0.561. The Labute approximate surface area is 151 Å². The van der Waals surface area contributed by atoms with Gasteiger partial charge in [0.1, 0.15) is 0 Å². The van der Waals surface area contributed by atoms with Crippen LogP contribution in [0.2, 0.25) is 0 Å². The second-order valence-electron chi connectivity index (χ2n) is 6.55. The molecule has 1 unspecified atom stereocenters. The first-order valence-corrected chi connectivity index (χ1v) is 8.28. The van der Waals surface area contributed by atoms with Gasteiger partial charge in [-0.25, -0.2) is 0 Å². The summed E-state index contributed by atoms with van der Waals surface area (Å²) in [5.74, 6) is 0. The molecule has 0 spiro atoms. The van der Waals surface area contributed by atoms with Gasteiger partial charge in [-0.3, -0.25) is 0 Å². The fourth-order valence-electron chi connectivity index (χ4n) is 3.34. The topological polar surface area (TPSA) is 86.7 Å². The second kappa shape index (κ2) is 9.68. The van der Waals surface area contributed by atoms with Gasteiger partial charge < -0.3 is 21.1 Å². The van der Waals surface area contributed by atoms with Crippen molar-refractivity contribution in [3.63, 3.8) is 0 Å². The van der Waals surface area contributed by atoms with Gasteiger partial charge in [-0.15, -0.1) is 0 Å². The standard InChI is InChI=1S/C20H27NO3.CH4/c21-20(11-12-22,14-18-9-5-2-6-10-18)19(15-23,16-24)13-17-7-3-1-4-8-17;/h1-10,22-24H,11-16,21H2;1H4. The number of aliphatic hydroxyl groups is 3. The molecule has 0 fully saturated rings. The fourth-order valence-corrected chi connectivity index (χ4v) is 3.34. The van der Waals surface area contributed by atoms with Crippen LogP contribution in [0.5, 0.6) is 0 Å². The number of rotatable bonds is 9. The minimum atomic E-state index is -0.928. The van der Waals surface area contributed by atoms with E-state index in [0.29, 0.717) is 19.3 Å². The Hall–Kier alpha value is -1.72. The molecular formula is C21H31NO3. The minimum Gasteiger partial charge on any atom is -0.396 e. The maximum absolute atomic E-state index is 10.2. The van der Waals surface area contributed by atoms with Crippen LogP contribution in [0.1, 0.15) is 25.0 Å². The summed E-state index contributed by atoms with van der Waals surface area (Å²) in [5.41, 5.74) is 6.88. The molecule has 0 aromatic heterocycles. The first kappa shape index (κ1) is 21.3. The van der Waals surface area contributed by atoms with Crippen molar-refractivity contribution in [2.45, 2.75) is 32.2 Å². The monoisotopic (exact) mass is 345 g/mol. The highest BCUT2D eigenvalue weighted by Crippen LogP contribution is 2.38. The lowest BCUT2D eigenvalue weighted by atomic mass is 9.63. The number of nitrogens with two attached hydrogens (primary N) is 1. The normalized spacial score (nSPS) is 13.8. The largest absolute Gasteiger partial charge is 0.396 e. The van der Waals surface area contributed by atoms with Crippen LogP contribution < -0.4 is 5.73 Å². The average molecular weight is 345 g/mol. The molecule has 0 saturated carbocycles. The molecule has 5 N–H and O–H groups in total. The predicted octanol–water partition coefficient (Wildman–Crippen LogP) is 2.16. The van der Waals surface area contributed by atoms with E-state index in [1.165, 1.54) is 0 Å². The van der Waals surface area contributed by atoms with Gasteiger partial charge in [0.05, 0.1) is 13.2 Å². The van der Waals surface area contributed by atoms with E-state index in [1.807, 2.05) is 60.7 Å². The van der Waals surface area contributed by atoms with Gasteiger partial charge >= 0.3 is 0 Å². The summed E-state index contributed by atoms with van der Waals surface area (Å²) in [6.07, 6.45) is 1.22. The van der Waals surface area contributed by atoms with E-state index in [9.17, 15) is 15.3 Å². The molecule has 0 aliphatic rings. The van der Waals surface area contributed by atoms with Gasteiger partial charge in [0.25, 0.3) is 0 Å². The predicted molar refractivity (Wildman–Crippen MR) is 102 cm³/mol. The molecule has 0 aliphatic carbocycles. The van der Waals surface area contributed by atoms with E-state index in [2.05, 4.69) is 0 Å². The van der Waals surface area contributed by atoms with Crippen LogP contribution in [0, 0.1) is 5.41 Å². The van der Waals surface area contributed by atoms with Gasteiger partial charge in [-0.2, -0.15) is 0 Å². The van der Waals surface area contributed by atoms with Crippen LogP contribution in [0.3, 0.4) is 0 Å². The third-order valence-electron chi connectivity index (χ3n) is 4.97. The van der Waals surface area contributed by atoms with Crippen LogP contribution in [-0.4, -0.2) is 40.7 Å². The summed E-state index contributed by atoms with van der Waals surface area (Å²) in [6.45, 7) is -0.594. The molecule has 4 heteroatoms. The summed E-state index contributed by atoms with van der Waals surface area (Å²) in [5, 5.41) is 29.9. The minimum absolute atomic E-state index is 0. The van der Waals surface area contributed by atoms with Crippen molar-refractivity contribution < 1.29 is 15.3 Å². The van der Waals surface area contributed by atoms with Gasteiger partial charge in [-0.05, 0) is 30.4 Å². The van der Waals surface area contributed by atoms with E-state index in [-0.39, 0.29) is 27.2 Å². The Bertz CT molecular complexity index is 599. The molecule has 138 valence electrons. The molecule has 0 bridgehead atoms. The molecule has 2 aromatic carbocycles. The van der Waals surface area contributed by atoms with Gasteiger partial charge in [0, 0.05) is 17.6 Å². The van der Waals surface area contributed by atoms with Crippen molar-refractivity contribution >= 4 is 0 Å². The molecule has 1 atom stereocenters. The highest BCUT2D eigenvalue weighted by molar-refractivity contribution is 5.23. The molecule has 0 radical (unpaired) electrons. The lowest BCUT2D eigenvalue weighted by molar-refractivity contribution is -0.0227. The molecule has 4 nitrogen and oxygen atoms in total. The molecule has 0 saturated heterocycles. The van der Waals surface area contributed by atoms with Crippen molar-refractivity contribution in [3.8, 4) is 0 Å². The van der Waals surface area contributed by atoms with E-state index in [1.54, 1.807) is 0 Å². The summed E-state index contributed by atoms with van der Waals surface area (Å²) in [4.78, 5) is 0. The summed E-state index contributed by atoms with van der Waals surface area (Å²) >= 11 is 0. The second-order valence-corrected chi connectivity index (χ2v) is 6.55. The smallest absolute Gasteiger partial charge is 0.0530 e. The molecule has 2 aromatic rings. The first-order valence-electron chi connectivity index (χ1n) is 8.28. The molecule has 2 rings (SSSR count). The SMILES string of the molecule is C.NC(CCO)(Cc1ccccc1)C(CO)(CO)Cc1ccccc1. The van der Waals surface area contributed by atoms with Crippen molar-refractivity contribution in [2.75, 3.05) is 19.8 Å². The average Bonchev–Trinajstić information content (AvgIpc) is 2.61. The lowest BCUT2D eigenvalue weighted by Gasteiger charge is -2.47. The molecule has 0 aliphatic heterocycles. The van der Waals surface area contributed by atoms with Crippen LogP contribution in [0.4, 0.5) is 0 Å². The molecule has 0 heterocycles. The van der Waals surface area contributed by atoms with E-state index >= 15 is 0 Å². The fraction of sp³-hybridized carbons (Fsp3) is 0.429. The van der Waals surface area contributed by atoms with E-state index < -0.39 is 11.0 Å². The van der Waals surface area contributed by atoms with Crippen molar-refractivity contribution in [1.29, 1.82) is 0 Å². The number of aliphatic hydroxyl groups excluding tert-OH is 3. The van der Waals surface area contributed by atoms with Crippen LogP contribution in [0.15, 0.2) is 60.7 Å². The summed E-state index contributed by atoms with van der Waals surface area (Å²) < 4.78 is 0. The Kier molecular flexibility index (Phi) is 8.26. The number of hydrogen-bond acceptors (Lipinski definition) is 4. The van der Waals surface area contributed by atoms with E-state index in [0.717, 1.165) is 11.1 Å². The van der Waals surface area contributed by atoms with Crippen LogP contribution in [-0.2, 0) is 12.8 Å². The Morgan fingerprint density at radius 1 is 0.720 bits per heavy atom. The zero-order valence-electron chi connectivity index (χ0n) is 13.9. The third kappa shape index (κ3) is 4.89. The van der Waals surface area contributed by atoms with Gasteiger partial charge in [0.2, 0.25) is 0 Å². The highest BCUT2D eigenvalue weighted by atomic mass is 16.3. The summed E-state index contributed by atoms with van der Waals surface area (Å²) in [7, 11) is 0. The summed E-state index contributed by atoms with van der Waals surface area (Å²) in [6, 6.07) is 19.5. The highest BCUT2D eigenvalue weighted by Gasteiger charge is 2.47. The first-order chi connectivity index (χ1) is 11.6. The maximum atomic E-state index is 10.2. The molecular weight excluding hydrogens is 314 g/mol. The molecule has 25 heavy (non-hydrogen) atoms. The number of hydrogen-bond donors (Lipinski definition) is 4. The van der Waals surface area contributed by atoms with Crippen molar-refractivity contribution in [1.82, 2.24) is 0 Å². The Morgan fingerprint density at radius 3 is 1.56 bits per heavy atom. The number of benzene rings is 2. The molecule has 0 amide bonds. The van der Waals surface area contributed by atoms with Crippen molar-refractivity contribution in [3.05, 3.63) is 71.8 Å². The lowest BCUT2D eigenvalue weighted by Crippen LogP contribution is -2.62.